The Bertz CT molecular complexity index is 417. The zero-order chi connectivity index (χ0) is 12.3. The summed E-state index contributed by atoms with van der Waals surface area (Å²) in [6.07, 6.45) is 8.23. The van der Waals surface area contributed by atoms with Crippen LogP contribution in [0.4, 0.5) is 0 Å². The van der Waals surface area contributed by atoms with E-state index in [9.17, 15) is 5.26 Å². The molecule has 2 atom stereocenters. The Morgan fingerprint density at radius 1 is 1.71 bits per heavy atom. The smallest absolute Gasteiger partial charge is 0.109 e. The Morgan fingerprint density at radius 2 is 2.53 bits per heavy atom. The second kappa shape index (κ2) is 4.89. The summed E-state index contributed by atoms with van der Waals surface area (Å²) in [5, 5.41) is 16.9. The number of hydrogen-bond acceptors (Lipinski definition) is 3. The summed E-state index contributed by atoms with van der Waals surface area (Å²) < 4.78 is 1.98. The predicted octanol–water partition coefficient (Wildman–Crippen LogP) is 1.86. The van der Waals surface area contributed by atoms with Crippen molar-refractivity contribution < 1.29 is 0 Å². The largest absolute Gasteiger partial charge is 0.302 e. The summed E-state index contributed by atoms with van der Waals surface area (Å²) in [7, 11) is 1.90. The lowest BCUT2D eigenvalue weighted by Crippen LogP contribution is -2.45. The summed E-state index contributed by atoms with van der Waals surface area (Å²) in [5.74, 6) is 0.446. The third-order valence-corrected chi connectivity index (χ3v) is 3.94. The number of hydrogen-bond donors (Lipinski definition) is 1. The van der Waals surface area contributed by atoms with Crippen LogP contribution in [0.2, 0.25) is 0 Å². The van der Waals surface area contributed by atoms with Gasteiger partial charge >= 0.3 is 0 Å². The van der Waals surface area contributed by atoms with Crippen molar-refractivity contribution >= 4 is 0 Å². The molecule has 1 fully saturated rings. The van der Waals surface area contributed by atoms with E-state index in [1.165, 1.54) is 5.56 Å². The van der Waals surface area contributed by atoms with Gasteiger partial charge in [0, 0.05) is 12.7 Å². The molecule has 0 bridgehead atoms. The van der Waals surface area contributed by atoms with E-state index in [4.69, 9.17) is 0 Å². The van der Waals surface area contributed by atoms with Crippen LogP contribution in [0.15, 0.2) is 12.4 Å². The highest BCUT2D eigenvalue weighted by atomic mass is 15.3. The van der Waals surface area contributed by atoms with Crippen LogP contribution in [0.25, 0.3) is 0 Å². The minimum atomic E-state index is -0.303. The highest BCUT2D eigenvalue weighted by Gasteiger charge is 2.41. The summed E-state index contributed by atoms with van der Waals surface area (Å²) >= 11 is 0. The molecule has 1 N–H and O–H groups in total. The maximum absolute atomic E-state index is 9.35. The third-order valence-electron chi connectivity index (χ3n) is 3.94. The SMILES string of the molecule is CNC1(C#N)CCCC1CCn1cc(C)cn1. The van der Waals surface area contributed by atoms with Crippen molar-refractivity contribution in [3.05, 3.63) is 18.0 Å². The molecular formula is C13H20N4. The normalized spacial score (nSPS) is 28.2. The van der Waals surface area contributed by atoms with Crippen LogP contribution in [0.1, 0.15) is 31.2 Å². The van der Waals surface area contributed by atoms with Crippen LogP contribution in [0, 0.1) is 24.2 Å². The number of nitrogens with one attached hydrogen (secondary N) is 1. The van der Waals surface area contributed by atoms with E-state index in [1.54, 1.807) is 0 Å². The van der Waals surface area contributed by atoms with Crippen LogP contribution >= 0.6 is 0 Å². The summed E-state index contributed by atoms with van der Waals surface area (Å²) in [5.41, 5.74) is 0.888. The van der Waals surface area contributed by atoms with Gasteiger partial charge in [0.05, 0.1) is 12.3 Å². The van der Waals surface area contributed by atoms with Crippen molar-refractivity contribution in [3.63, 3.8) is 0 Å². The van der Waals surface area contributed by atoms with E-state index < -0.39 is 0 Å². The van der Waals surface area contributed by atoms with Gasteiger partial charge in [-0.15, -0.1) is 0 Å². The van der Waals surface area contributed by atoms with Gasteiger partial charge in [-0.1, -0.05) is 6.42 Å². The van der Waals surface area contributed by atoms with Gasteiger partial charge in [0.25, 0.3) is 0 Å². The Hall–Kier alpha value is -1.34. The molecule has 1 aromatic heterocycles. The van der Waals surface area contributed by atoms with Crippen LogP contribution in [-0.4, -0.2) is 22.4 Å². The van der Waals surface area contributed by atoms with Crippen LogP contribution in [0.5, 0.6) is 0 Å². The van der Waals surface area contributed by atoms with Gasteiger partial charge in [-0.05, 0) is 44.7 Å². The standard InChI is InChI=1S/C13H20N4/c1-11-8-16-17(9-11)7-5-12-4-3-6-13(12,10-14)15-2/h8-9,12,15H,3-7H2,1-2H3. The first-order valence-corrected chi connectivity index (χ1v) is 6.29. The Kier molecular flexibility index (Phi) is 3.49. The van der Waals surface area contributed by atoms with Gasteiger partial charge in [-0.25, -0.2) is 0 Å². The molecule has 1 aliphatic rings. The first-order valence-electron chi connectivity index (χ1n) is 6.29. The zero-order valence-electron chi connectivity index (χ0n) is 10.6. The van der Waals surface area contributed by atoms with Crippen molar-refractivity contribution in [2.45, 2.75) is 44.7 Å². The summed E-state index contributed by atoms with van der Waals surface area (Å²) in [6.45, 7) is 2.95. The van der Waals surface area contributed by atoms with Gasteiger partial charge in [0.15, 0.2) is 0 Å². The summed E-state index contributed by atoms with van der Waals surface area (Å²) in [4.78, 5) is 0. The molecule has 2 unspecified atom stereocenters. The molecule has 92 valence electrons. The van der Waals surface area contributed by atoms with Gasteiger partial charge in [-0.2, -0.15) is 10.4 Å². The topological polar surface area (TPSA) is 53.6 Å². The monoisotopic (exact) mass is 232 g/mol. The van der Waals surface area contributed by atoms with Crippen LogP contribution < -0.4 is 5.32 Å². The fraction of sp³-hybridized carbons (Fsp3) is 0.692. The second-order valence-electron chi connectivity index (χ2n) is 4.99. The molecule has 4 nitrogen and oxygen atoms in total. The maximum atomic E-state index is 9.35. The lowest BCUT2D eigenvalue weighted by Gasteiger charge is -2.28. The molecule has 1 saturated carbocycles. The highest BCUT2D eigenvalue weighted by molar-refractivity contribution is 5.13. The predicted molar refractivity (Wildman–Crippen MR) is 66.3 cm³/mol. The number of nitriles is 1. The fourth-order valence-electron chi connectivity index (χ4n) is 2.88. The second-order valence-corrected chi connectivity index (χ2v) is 4.99. The van der Waals surface area contributed by atoms with E-state index in [-0.39, 0.29) is 5.54 Å². The molecule has 1 aliphatic carbocycles. The van der Waals surface area contributed by atoms with Gasteiger partial charge < -0.3 is 5.32 Å². The average Bonchev–Trinajstić information content (AvgIpc) is 2.93. The minimum Gasteiger partial charge on any atom is -0.302 e. The lowest BCUT2D eigenvalue weighted by atomic mass is 9.86. The Balaban J connectivity index is 1.97. The van der Waals surface area contributed by atoms with Crippen LogP contribution in [0.3, 0.4) is 0 Å². The average molecular weight is 232 g/mol. The number of nitrogens with zero attached hydrogens (tertiary/aromatic N) is 3. The van der Waals surface area contributed by atoms with Crippen molar-refractivity contribution in [2.24, 2.45) is 5.92 Å². The van der Waals surface area contributed by atoms with Crippen LogP contribution in [-0.2, 0) is 6.54 Å². The quantitative estimate of drug-likeness (QED) is 0.862. The van der Waals surface area contributed by atoms with E-state index in [2.05, 4.69) is 22.7 Å². The van der Waals surface area contributed by atoms with Crippen molar-refractivity contribution in [3.8, 4) is 6.07 Å². The van der Waals surface area contributed by atoms with Gasteiger partial charge in [-0.3, -0.25) is 4.68 Å². The van der Waals surface area contributed by atoms with E-state index >= 15 is 0 Å². The zero-order valence-corrected chi connectivity index (χ0v) is 10.6. The first-order chi connectivity index (χ1) is 8.20. The molecular weight excluding hydrogens is 212 g/mol. The molecule has 0 aliphatic heterocycles. The first kappa shape index (κ1) is 12.1. The Labute approximate surface area is 103 Å². The number of rotatable bonds is 4. The Morgan fingerprint density at radius 3 is 3.12 bits per heavy atom. The summed E-state index contributed by atoms with van der Waals surface area (Å²) in [6, 6.07) is 2.48. The van der Waals surface area contributed by atoms with Gasteiger partial charge in [0.1, 0.15) is 5.54 Å². The molecule has 0 amide bonds. The van der Waals surface area contributed by atoms with Gasteiger partial charge in [0.2, 0.25) is 0 Å². The molecule has 1 heterocycles. The number of aromatic nitrogens is 2. The molecule has 2 rings (SSSR count). The molecule has 0 aromatic carbocycles. The van der Waals surface area contributed by atoms with Crippen molar-refractivity contribution in [2.75, 3.05) is 7.05 Å². The molecule has 0 spiro atoms. The molecule has 4 heteroatoms. The fourth-order valence-corrected chi connectivity index (χ4v) is 2.88. The van der Waals surface area contributed by atoms with E-state index in [0.29, 0.717) is 5.92 Å². The van der Waals surface area contributed by atoms with E-state index in [1.807, 2.05) is 24.9 Å². The molecule has 0 saturated heterocycles. The third kappa shape index (κ3) is 2.34. The van der Waals surface area contributed by atoms with Crippen molar-refractivity contribution in [1.82, 2.24) is 15.1 Å². The molecule has 17 heavy (non-hydrogen) atoms. The number of aryl methyl sites for hydroxylation is 2. The van der Waals surface area contributed by atoms with E-state index in [0.717, 1.165) is 32.2 Å². The maximum Gasteiger partial charge on any atom is 0.109 e. The minimum absolute atomic E-state index is 0.303. The molecule has 0 radical (unpaired) electrons. The molecule has 1 aromatic rings. The lowest BCUT2D eigenvalue weighted by molar-refractivity contribution is 0.303. The van der Waals surface area contributed by atoms with Crippen molar-refractivity contribution in [1.29, 1.82) is 5.26 Å². The highest BCUT2D eigenvalue weighted by Crippen LogP contribution is 2.37.